The summed E-state index contributed by atoms with van der Waals surface area (Å²) in [5, 5.41) is 0. The molecule has 1 heterocycles. The number of fused-ring (bicyclic) bond motifs is 1. The van der Waals surface area contributed by atoms with Crippen LogP contribution in [0.1, 0.15) is 36.8 Å². The number of carbonyl (C=O) groups is 1. The van der Waals surface area contributed by atoms with Gasteiger partial charge in [-0.05, 0) is 29.9 Å². The van der Waals surface area contributed by atoms with Crippen molar-refractivity contribution in [1.82, 2.24) is 4.90 Å². The first kappa shape index (κ1) is 12.5. The first-order valence-electron chi connectivity index (χ1n) is 7.19. The van der Waals surface area contributed by atoms with Gasteiger partial charge in [-0.25, -0.2) is 0 Å². The lowest BCUT2D eigenvalue weighted by Gasteiger charge is -2.16. The van der Waals surface area contributed by atoms with Crippen molar-refractivity contribution in [1.29, 1.82) is 0 Å². The van der Waals surface area contributed by atoms with E-state index in [9.17, 15) is 4.79 Å². The fraction of sp³-hybridized carbons (Fsp3) is 0.562. The number of hydrogen-bond donors (Lipinski definition) is 0. The molecule has 0 saturated heterocycles. The van der Waals surface area contributed by atoms with E-state index in [2.05, 4.69) is 18.2 Å². The van der Waals surface area contributed by atoms with Crippen molar-refractivity contribution in [2.75, 3.05) is 20.2 Å². The normalized spacial score (nSPS) is 23.7. The molecule has 1 unspecified atom stereocenters. The molecule has 0 N–H and O–H groups in total. The molecule has 19 heavy (non-hydrogen) atoms. The van der Waals surface area contributed by atoms with Crippen LogP contribution in [0.25, 0.3) is 0 Å². The quantitative estimate of drug-likeness (QED) is 0.832. The SMILES string of the molecule is CCC(=O)N(C)CC1C[C@H]1c1cccc2c1CCO2. The molecule has 1 aliphatic heterocycles. The maximum Gasteiger partial charge on any atom is 0.222 e. The van der Waals surface area contributed by atoms with Gasteiger partial charge in [-0.3, -0.25) is 4.79 Å². The third-order valence-electron chi connectivity index (χ3n) is 4.34. The van der Waals surface area contributed by atoms with Crippen molar-refractivity contribution >= 4 is 5.91 Å². The zero-order chi connectivity index (χ0) is 13.4. The molecule has 1 aromatic carbocycles. The van der Waals surface area contributed by atoms with Crippen LogP contribution < -0.4 is 4.74 Å². The van der Waals surface area contributed by atoms with Crippen LogP contribution in [0.15, 0.2) is 18.2 Å². The minimum Gasteiger partial charge on any atom is -0.493 e. The molecular weight excluding hydrogens is 238 g/mol. The van der Waals surface area contributed by atoms with Crippen LogP contribution in [0, 0.1) is 5.92 Å². The second-order valence-electron chi connectivity index (χ2n) is 5.65. The van der Waals surface area contributed by atoms with E-state index in [1.807, 2.05) is 18.9 Å². The number of amides is 1. The minimum absolute atomic E-state index is 0.243. The van der Waals surface area contributed by atoms with Gasteiger partial charge in [0.25, 0.3) is 0 Å². The van der Waals surface area contributed by atoms with E-state index in [1.165, 1.54) is 17.5 Å². The van der Waals surface area contributed by atoms with E-state index in [0.29, 0.717) is 18.3 Å². The lowest BCUT2D eigenvalue weighted by Crippen LogP contribution is -2.28. The smallest absolute Gasteiger partial charge is 0.222 e. The molecule has 1 fully saturated rings. The van der Waals surface area contributed by atoms with E-state index in [1.54, 1.807) is 0 Å². The highest BCUT2D eigenvalue weighted by molar-refractivity contribution is 5.75. The second kappa shape index (κ2) is 4.87. The van der Waals surface area contributed by atoms with Crippen LogP contribution in [0.4, 0.5) is 0 Å². The molecular formula is C16H21NO2. The highest BCUT2D eigenvalue weighted by Gasteiger charge is 2.41. The van der Waals surface area contributed by atoms with Gasteiger partial charge < -0.3 is 9.64 Å². The van der Waals surface area contributed by atoms with Crippen LogP contribution in [-0.2, 0) is 11.2 Å². The zero-order valence-electron chi connectivity index (χ0n) is 11.7. The molecule has 0 spiro atoms. The van der Waals surface area contributed by atoms with Crippen molar-refractivity contribution in [2.45, 2.75) is 32.1 Å². The van der Waals surface area contributed by atoms with E-state index in [-0.39, 0.29) is 5.91 Å². The molecule has 2 aliphatic rings. The Bertz CT molecular complexity index is 498. The Morgan fingerprint density at radius 3 is 3.11 bits per heavy atom. The van der Waals surface area contributed by atoms with Crippen molar-refractivity contribution < 1.29 is 9.53 Å². The number of ether oxygens (including phenoxy) is 1. The molecule has 102 valence electrons. The van der Waals surface area contributed by atoms with E-state index in [0.717, 1.165) is 25.3 Å². The highest BCUT2D eigenvalue weighted by Crippen LogP contribution is 2.50. The molecule has 3 heteroatoms. The van der Waals surface area contributed by atoms with Crippen LogP contribution >= 0.6 is 0 Å². The number of carbonyl (C=O) groups excluding carboxylic acids is 1. The molecule has 1 aromatic rings. The maximum atomic E-state index is 11.6. The molecule has 0 aromatic heterocycles. The Morgan fingerprint density at radius 2 is 2.32 bits per heavy atom. The zero-order valence-corrected chi connectivity index (χ0v) is 11.7. The Morgan fingerprint density at radius 1 is 1.47 bits per heavy atom. The highest BCUT2D eigenvalue weighted by atomic mass is 16.5. The molecule has 0 bridgehead atoms. The van der Waals surface area contributed by atoms with Gasteiger partial charge in [0.15, 0.2) is 0 Å². The lowest BCUT2D eigenvalue weighted by atomic mass is 10.00. The molecule has 1 amide bonds. The van der Waals surface area contributed by atoms with Gasteiger partial charge in [0.1, 0.15) is 5.75 Å². The van der Waals surface area contributed by atoms with Gasteiger partial charge in [-0.2, -0.15) is 0 Å². The first-order valence-corrected chi connectivity index (χ1v) is 7.19. The van der Waals surface area contributed by atoms with E-state index < -0.39 is 0 Å². The van der Waals surface area contributed by atoms with Crippen molar-refractivity contribution in [3.8, 4) is 5.75 Å². The summed E-state index contributed by atoms with van der Waals surface area (Å²) in [4.78, 5) is 13.5. The summed E-state index contributed by atoms with van der Waals surface area (Å²) in [6.45, 7) is 3.63. The molecule has 3 rings (SSSR count). The predicted octanol–water partition coefficient (Wildman–Crippen LogP) is 2.59. The topological polar surface area (TPSA) is 29.5 Å². The summed E-state index contributed by atoms with van der Waals surface area (Å²) in [6, 6.07) is 6.39. The van der Waals surface area contributed by atoms with Gasteiger partial charge in [0.05, 0.1) is 6.61 Å². The van der Waals surface area contributed by atoms with Crippen molar-refractivity contribution in [3.63, 3.8) is 0 Å². The largest absolute Gasteiger partial charge is 0.493 e. The first-order chi connectivity index (χ1) is 9.20. The Kier molecular flexibility index (Phi) is 3.21. The third kappa shape index (κ3) is 2.34. The number of benzene rings is 1. The standard InChI is InChI=1S/C16H21NO2/c1-3-16(18)17(2)10-11-9-14(11)12-5-4-6-15-13(12)7-8-19-15/h4-6,11,14H,3,7-10H2,1-2H3/t11?,14-/m1/s1. The molecule has 2 atom stereocenters. The summed E-state index contributed by atoms with van der Waals surface area (Å²) in [5.41, 5.74) is 2.86. The monoisotopic (exact) mass is 259 g/mol. The predicted molar refractivity (Wildman–Crippen MR) is 74.4 cm³/mol. The van der Waals surface area contributed by atoms with Crippen LogP contribution in [-0.4, -0.2) is 31.0 Å². The number of nitrogens with zero attached hydrogens (tertiary/aromatic N) is 1. The van der Waals surface area contributed by atoms with Gasteiger partial charge in [-0.15, -0.1) is 0 Å². The van der Waals surface area contributed by atoms with E-state index >= 15 is 0 Å². The second-order valence-corrected chi connectivity index (χ2v) is 5.65. The summed E-state index contributed by atoms with van der Waals surface area (Å²) >= 11 is 0. The van der Waals surface area contributed by atoms with Crippen LogP contribution in [0.2, 0.25) is 0 Å². The Labute approximate surface area is 114 Å². The Balaban J connectivity index is 1.67. The average Bonchev–Trinajstić information content (AvgIpc) is 3.00. The molecule has 1 aliphatic carbocycles. The lowest BCUT2D eigenvalue weighted by molar-refractivity contribution is -0.129. The summed E-state index contributed by atoms with van der Waals surface area (Å²) < 4.78 is 5.62. The van der Waals surface area contributed by atoms with Gasteiger partial charge in [0, 0.05) is 32.0 Å². The molecule has 0 radical (unpaired) electrons. The Hall–Kier alpha value is -1.51. The summed E-state index contributed by atoms with van der Waals surface area (Å²) in [7, 11) is 1.92. The fourth-order valence-electron chi connectivity index (χ4n) is 3.15. The van der Waals surface area contributed by atoms with Gasteiger partial charge >= 0.3 is 0 Å². The summed E-state index contributed by atoms with van der Waals surface area (Å²) in [6.07, 6.45) is 2.85. The number of rotatable bonds is 4. The maximum absolute atomic E-state index is 11.6. The summed E-state index contributed by atoms with van der Waals surface area (Å²) in [5.74, 6) is 2.57. The molecule has 1 saturated carbocycles. The fourth-order valence-corrected chi connectivity index (χ4v) is 3.15. The third-order valence-corrected chi connectivity index (χ3v) is 4.34. The van der Waals surface area contributed by atoms with Crippen molar-refractivity contribution in [2.24, 2.45) is 5.92 Å². The van der Waals surface area contributed by atoms with Gasteiger partial charge in [-0.1, -0.05) is 19.1 Å². The van der Waals surface area contributed by atoms with Gasteiger partial charge in [0.2, 0.25) is 5.91 Å². The van der Waals surface area contributed by atoms with Crippen LogP contribution in [0.5, 0.6) is 5.75 Å². The molecule has 3 nitrogen and oxygen atoms in total. The minimum atomic E-state index is 0.243. The van der Waals surface area contributed by atoms with Crippen molar-refractivity contribution in [3.05, 3.63) is 29.3 Å². The average molecular weight is 259 g/mol. The van der Waals surface area contributed by atoms with E-state index in [4.69, 9.17) is 4.74 Å². The van der Waals surface area contributed by atoms with Crippen LogP contribution in [0.3, 0.4) is 0 Å². The number of hydrogen-bond acceptors (Lipinski definition) is 2.